The lowest BCUT2D eigenvalue weighted by Gasteiger charge is -2.35. The minimum atomic E-state index is -0.127. The van der Waals surface area contributed by atoms with Gasteiger partial charge in [0, 0.05) is 6.54 Å². The number of amides is 2. The number of nitrogens with one attached hydrogen (secondary N) is 1. The Kier molecular flexibility index (Phi) is 5.19. The number of benzene rings is 1. The molecule has 5 heteroatoms. The van der Waals surface area contributed by atoms with Gasteiger partial charge < -0.3 is 5.32 Å². The van der Waals surface area contributed by atoms with Crippen molar-refractivity contribution in [2.24, 2.45) is 11.8 Å². The third-order valence-corrected chi connectivity index (χ3v) is 4.84. The lowest BCUT2D eigenvalue weighted by atomic mass is 9.90. The fourth-order valence-corrected chi connectivity index (χ4v) is 3.89. The lowest BCUT2D eigenvalue weighted by Crippen LogP contribution is -2.48. The fraction of sp³-hybridized carbons (Fsp3) is 0.579. The molecule has 1 saturated heterocycles. The van der Waals surface area contributed by atoms with Gasteiger partial charge in [0.1, 0.15) is 6.54 Å². The largest absolute Gasteiger partial charge is 0.323 e. The second-order valence-corrected chi connectivity index (χ2v) is 7.42. The first-order chi connectivity index (χ1) is 11.5. The molecule has 0 saturated carbocycles. The molecule has 2 amide bonds. The van der Waals surface area contributed by atoms with Crippen molar-refractivity contribution in [2.45, 2.75) is 33.1 Å². The Labute approximate surface area is 144 Å². The number of piperidine rings is 1. The van der Waals surface area contributed by atoms with E-state index in [1.165, 1.54) is 12.8 Å². The van der Waals surface area contributed by atoms with E-state index < -0.39 is 0 Å². The zero-order valence-corrected chi connectivity index (χ0v) is 14.6. The zero-order valence-electron chi connectivity index (χ0n) is 14.6. The number of carbonyl (C=O) groups is 2. The van der Waals surface area contributed by atoms with E-state index in [4.69, 9.17) is 0 Å². The molecule has 24 heavy (non-hydrogen) atoms. The number of nitrogens with zero attached hydrogens (tertiary/aromatic N) is 2. The van der Waals surface area contributed by atoms with E-state index >= 15 is 0 Å². The minimum Gasteiger partial charge on any atom is -0.323 e. The van der Waals surface area contributed by atoms with Crippen molar-refractivity contribution < 1.29 is 9.59 Å². The Bertz CT molecular complexity index is 614. The first-order valence-electron chi connectivity index (χ1n) is 8.94. The topological polar surface area (TPSA) is 52.7 Å². The highest BCUT2D eigenvalue weighted by molar-refractivity contribution is 6.10. The Hall–Kier alpha value is -1.88. The molecule has 2 aliphatic rings. The van der Waals surface area contributed by atoms with Crippen molar-refractivity contribution in [3.63, 3.8) is 0 Å². The van der Waals surface area contributed by atoms with Crippen molar-refractivity contribution in [2.75, 3.05) is 36.4 Å². The maximum atomic E-state index is 12.8. The van der Waals surface area contributed by atoms with Crippen molar-refractivity contribution in [1.82, 2.24) is 4.90 Å². The van der Waals surface area contributed by atoms with Gasteiger partial charge in [-0.05, 0) is 49.8 Å². The van der Waals surface area contributed by atoms with Crippen LogP contribution in [0.1, 0.15) is 33.1 Å². The summed E-state index contributed by atoms with van der Waals surface area (Å²) in [5.74, 6) is 1.27. The summed E-state index contributed by atoms with van der Waals surface area (Å²) in [5, 5.41) is 2.83. The number of fused-ring (bicyclic) bond motifs is 1. The molecule has 0 aliphatic carbocycles. The number of likely N-dealkylation sites (tertiary alicyclic amines) is 1. The van der Waals surface area contributed by atoms with E-state index in [-0.39, 0.29) is 18.4 Å². The highest BCUT2D eigenvalue weighted by atomic mass is 16.2. The summed E-state index contributed by atoms with van der Waals surface area (Å²) in [5.41, 5.74) is 1.52. The maximum Gasteiger partial charge on any atom is 0.244 e. The third kappa shape index (κ3) is 3.96. The Morgan fingerprint density at radius 3 is 2.92 bits per heavy atom. The van der Waals surface area contributed by atoms with E-state index in [0.717, 1.165) is 30.9 Å². The quantitative estimate of drug-likeness (QED) is 0.924. The van der Waals surface area contributed by atoms with Crippen LogP contribution in [0.2, 0.25) is 0 Å². The van der Waals surface area contributed by atoms with Crippen LogP contribution in [0.25, 0.3) is 0 Å². The van der Waals surface area contributed by atoms with Gasteiger partial charge in [-0.3, -0.25) is 19.4 Å². The van der Waals surface area contributed by atoms with Crippen LogP contribution in [0.4, 0.5) is 11.4 Å². The number of hydrogen-bond donors (Lipinski definition) is 1. The molecular formula is C19H27N3O2. The number of hydrogen-bond acceptors (Lipinski definition) is 3. The highest BCUT2D eigenvalue weighted by Gasteiger charge is 2.29. The summed E-state index contributed by atoms with van der Waals surface area (Å²) in [6.45, 7) is 6.99. The molecule has 5 nitrogen and oxygen atoms in total. The van der Waals surface area contributed by atoms with Crippen molar-refractivity contribution in [1.29, 1.82) is 0 Å². The summed E-state index contributed by atoms with van der Waals surface area (Å²) in [7, 11) is 0. The molecular weight excluding hydrogens is 302 g/mol. The maximum absolute atomic E-state index is 12.8. The first-order valence-corrected chi connectivity index (χ1v) is 8.94. The Morgan fingerprint density at radius 2 is 2.12 bits per heavy atom. The lowest BCUT2D eigenvalue weighted by molar-refractivity contribution is -0.123. The van der Waals surface area contributed by atoms with Crippen molar-refractivity contribution in [3.05, 3.63) is 24.3 Å². The van der Waals surface area contributed by atoms with Gasteiger partial charge in [0.15, 0.2) is 0 Å². The normalized spacial score (nSPS) is 21.5. The summed E-state index contributed by atoms with van der Waals surface area (Å²) in [4.78, 5) is 28.6. The molecule has 1 aromatic rings. The summed E-state index contributed by atoms with van der Waals surface area (Å²) < 4.78 is 0. The van der Waals surface area contributed by atoms with Crippen molar-refractivity contribution >= 4 is 23.2 Å². The molecule has 3 rings (SSSR count). The van der Waals surface area contributed by atoms with Crippen molar-refractivity contribution in [3.8, 4) is 0 Å². The van der Waals surface area contributed by atoms with E-state index in [1.807, 2.05) is 24.3 Å². The van der Waals surface area contributed by atoms with E-state index in [9.17, 15) is 9.59 Å². The predicted octanol–water partition coefficient (Wildman–Crippen LogP) is 2.73. The fourth-order valence-electron chi connectivity index (χ4n) is 3.89. The van der Waals surface area contributed by atoms with Crippen LogP contribution in [0, 0.1) is 11.8 Å². The van der Waals surface area contributed by atoms with E-state index in [0.29, 0.717) is 18.4 Å². The molecule has 2 aliphatic heterocycles. The molecule has 0 spiro atoms. The number of rotatable bonds is 4. The SMILES string of the molecule is CC(C)CC1CCCN(CC(=O)N2CC(=O)Nc3ccccc32)C1. The molecule has 130 valence electrons. The number of anilines is 2. The molecule has 1 unspecified atom stereocenters. The molecule has 1 N–H and O–H groups in total. The summed E-state index contributed by atoms with van der Waals surface area (Å²) >= 11 is 0. The molecule has 1 atom stereocenters. The zero-order chi connectivity index (χ0) is 17.1. The molecule has 2 heterocycles. The van der Waals surface area contributed by atoms with Gasteiger partial charge in [-0.25, -0.2) is 0 Å². The second kappa shape index (κ2) is 7.34. The summed E-state index contributed by atoms with van der Waals surface area (Å²) in [6.07, 6.45) is 3.64. The van der Waals surface area contributed by atoms with Gasteiger partial charge in [-0.1, -0.05) is 26.0 Å². The Morgan fingerprint density at radius 1 is 1.33 bits per heavy atom. The summed E-state index contributed by atoms with van der Waals surface area (Å²) in [6, 6.07) is 7.50. The molecule has 1 fully saturated rings. The molecule has 1 aromatic carbocycles. The third-order valence-electron chi connectivity index (χ3n) is 4.84. The van der Waals surface area contributed by atoms with Crippen LogP contribution < -0.4 is 10.2 Å². The van der Waals surface area contributed by atoms with Crippen LogP contribution >= 0.6 is 0 Å². The standard InChI is InChI=1S/C19H27N3O2/c1-14(2)10-15-6-5-9-21(11-15)13-19(24)22-12-18(23)20-16-7-3-4-8-17(16)22/h3-4,7-8,14-15H,5-6,9-13H2,1-2H3,(H,20,23). The number of para-hydroxylation sites is 2. The average molecular weight is 329 g/mol. The molecule has 0 bridgehead atoms. The van der Waals surface area contributed by atoms with Gasteiger partial charge in [0.2, 0.25) is 11.8 Å². The molecule has 0 aromatic heterocycles. The van der Waals surface area contributed by atoms with Crippen LogP contribution in [0.3, 0.4) is 0 Å². The van der Waals surface area contributed by atoms with Gasteiger partial charge in [-0.15, -0.1) is 0 Å². The van der Waals surface area contributed by atoms with Gasteiger partial charge in [0.05, 0.1) is 17.9 Å². The highest BCUT2D eigenvalue weighted by Crippen LogP contribution is 2.29. The minimum absolute atomic E-state index is 0.0162. The van der Waals surface area contributed by atoms with Crippen LogP contribution in [0.15, 0.2) is 24.3 Å². The van der Waals surface area contributed by atoms with Gasteiger partial charge in [0.25, 0.3) is 0 Å². The van der Waals surface area contributed by atoms with E-state index in [2.05, 4.69) is 24.1 Å². The van der Waals surface area contributed by atoms with E-state index in [1.54, 1.807) is 4.90 Å². The van der Waals surface area contributed by atoms with Crippen LogP contribution in [-0.2, 0) is 9.59 Å². The van der Waals surface area contributed by atoms with Crippen LogP contribution in [-0.4, -0.2) is 42.9 Å². The predicted molar refractivity (Wildman–Crippen MR) is 96.0 cm³/mol. The van der Waals surface area contributed by atoms with Gasteiger partial charge >= 0.3 is 0 Å². The molecule has 0 radical (unpaired) electrons. The van der Waals surface area contributed by atoms with Crippen LogP contribution in [0.5, 0.6) is 0 Å². The average Bonchev–Trinajstić information content (AvgIpc) is 2.53. The smallest absolute Gasteiger partial charge is 0.244 e. The number of carbonyl (C=O) groups excluding carboxylic acids is 2. The second-order valence-electron chi connectivity index (χ2n) is 7.42. The first kappa shape index (κ1) is 17.0. The Balaban J connectivity index is 1.66. The van der Waals surface area contributed by atoms with Gasteiger partial charge in [-0.2, -0.15) is 0 Å². The monoisotopic (exact) mass is 329 g/mol.